The van der Waals surface area contributed by atoms with Crippen molar-refractivity contribution < 1.29 is 85.7 Å². The van der Waals surface area contributed by atoms with Gasteiger partial charge < -0.3 is 59.7 Å². The minimum absolute atomic E-state index is 0.129. The Bertz CT molecular complexity index is 4500. The van der Waals surface area contributed by atoms with Gasteiger partial charge in [-0.1, -0.05) is 71.2 Å². The van der Waals surface area contributed by atoms with E-state index in [0.29, 0.717) is 162 Å². The van der Waals surface area contributed by atoms with E-state index in [2.05, 4.69) is 61.5 Å². The number of rotatable bonds is 24. The molecule has 3 unspecified atom stereocenters. The van der Waals surface area contributed by atoms with Gasteiger partial charge in [-0.05, 0) is 75.1 Å². The summed E-state index contributed by atoms with van der Waals surface area (Å²) >= 11 is 20.4. The molecule has 12 rings (SSSR count). The lowest BCUT2D eigenvalue weighted by molar-refractivity contribution is -0.149. The smallest absolute Gasteiger partial charge is 0.338 e. The average Bonchev–Trinajstić information content (AvgIpc) is 1.66. The van der Waals surface area contributed by atoms with Crippen molar-refractivity contribution in [2.24, 2.45) is 32.2 Å². The topological polar surface area (TPSA) is 340 Å². The monoisotopic (exact) mass is 1670 g/mol. The molecule has 6 aliphatic rings. The third-order valence-electron chi connectivity index (χ3n) is 18.7. The Morgan fingerprint density at radius 3 is 1.39 bits per heavy atom. The summed E-state index contributed by atoms with van der Waals surface area (Å²) in [5.74, 6) is -5.54. The molecule has 8 atom stereocenters. The summed E-state index contributed by atoms with van der Waals surface area (Å²) in [4.78, 5) is 107. The number of ether oxygens (including phenoxy) is 6. The van der Waals surface area contributed by atoms with Gasteiger partial charge in [0.15, 0.2) is 32.5 Å². The number of carbonyl (C=O) groups excluding carboxylic acids is 3. The van der Waals surface area contributed by atoms with Crippen LogP contribution < -0.4 is 16.0 Å². The Balaban J connectivity index is 0.000000174. The molecule has 3 aromatic heterocycles. The van der Waals surface area contributed by atoms with Gasteiger partial charge in [-0.15, -0.1) is 34.0 Å². The molecule has 27 nitrogen and oxygen atoms in total. The first-order valence-corrected chi connectivity index (χ1v) is 38.5. The Morgan fingerprint density at radius 2 is 0.991 bits per heavy atom. The van der Waals surface area contributed by atoms with E-state index in [1.165, 1.54) is 104 Å². The standard InChI is InChI=1S/C25H28BrFN4O5S.2C24H26ClFN4O5S/c1-25(2,24(33)34)11-15-13-36-8-7-31(15)12-18-19(23(32)35-3)20(16-5-4-14(27)10-17(16)26)30-21(29-18)22-28-6-9-37-22;1-13(23(31)32)9-15-12-35-7-6-30(15)11-18-19(24(33)34-2)20(16-4-3-14(26)10-17(16)25)29-21(28-18)22-27-5-8-36-22;1-13(23(31)32)9-15-11-30(6-7-35-15)12-18-19(24(33)34-2)20(16-4-3-14(26)10-17(16)25)29-21(28-18)22-27-5-8-36-22/h4-6,9-10,15,20H,7-8,11-13H2,1-3H3,(H,29,30)(H,33,34);2*3-5,8,10,13,15,20H,6-7,9,11-12H2,1-2H3,(H,28,29)(H,31,32)/t15?,20-;2*13?,15-,20+/m011/s1. The van der Waals surface area contributed by atoms with Crippen molar-refractivity contribution in [2.75, 3.05) is 100 Å². The van der Waals surface area contributed by atoms with Crippen LogP contribution in [0.3, 0.4) is 0 Å². The number of aliphatic carboxylic acids is 3. The van der Waals surface area contributed by atoms with Gasteiger partial charge in [0, 0.05) is 135 Å². The fraction of sp³-hybridized carbons (Fsp3) is 0.425. The van der Waals surface area contributed by atoms with E-state index in [-0.39, 0.29) is 51.5 Å². The Morgan fingerprint density at radius 1 is 0.587 bits per heavy atom. The number of amidine groups is 3. The highest BCUT2D eigenvalue weighted by Gasteiger charge is 2.42. The van der Waals surface area contributed by atoms with Crippen LogP contribution in [-0.4, -0.2) is 217 Å². The van der Waals surface area contributed by atoms with Crippen molar-refractivity contribution in [3.8, 4) is 0 Å². The summed E-state index contributed by atoms with van der Waals surface area (Å²) in [6.45, 7) is 11.9. The highest BCUT2D eigenvalue weighted by Crippen LogP contribution is 2.41. The zero-order chi connectivity index (χ0) is 78.4. The van der Waals surface area contributed by atoms with Crippen LogP contribution in [0.4, 0.5) is 13.2 Å². The Hall–Kier alpha value is -8.39. The number of thiazole rings is 3. The van der Waals surface area contributed by atoms with Crippen molar-refractivity contribution >= 4 is 126 Å². The van der Waals surface area contributed by atoms with Crippen LogP contribution in [-0.2, 0) is 57.2 Å². The number of halogens is 6. The van der Waals surface area contributed by atoms with Crippen molar-refractivity contribution in [3.63, 3.8) is 0 Å². The number of methoxy groups -OCH3 is 3. The fourth-order valence-electron chi connectivity index (χ4n) is 13.0. The summed E-state index contributed by atoms with van der Waals surface area (Å²) < 4.78 is 74.5. The van der Waals surface area contributed by atoms with E-state index in [1.54, 1.807) is 52.4 Å². The summed E-state index contributed by atoms with van der Waals surface area (Å²) in [5, 5.41) is 45.7. The van der Waals surface area contributed by atoms with E-state index in [9.17, 15) is 57.3 Å². The van der Waals surface area contributed by atoms with E-state index >= 15 is 0 Å². The lowest BCUT2D eigenvalue weighted by Crippen LogP contribution is -2.51. The van der Waals surface area contributed by atoms with Crippen LogP contribution >= 0.6 is 73.1 Å². The van der Waals surface area contributed by atoms with Crippen LogP contribution in [0.25, 0.3) is 0 Å². The minimum atomic E-state index is -0.960. The van der Waals surface area contributed by atoms with Crippen LogP contribution in [0.5, 0.6) is 0 Å². The number of aromatic nitrogens is 3. The van der Waals surface area contributed by atoms with Gasteiger partial charge in [-0.25, -0.2) is 42.5 Å². The van der Waals surface area contributed by atoms with Crippen LogP contribution in [0.15, 0.2) is 143 Å². The molecule has 0 amide bonds. The molecular weight excluding hydrogens is 1590 g/mol. The zero-order valence-corrected chi connectivity index (χ0v) is 65.7. The van der Waals surface area contributed by atoms with Crippen molar-refractivity contribution in [2.45, 2.75) is 83.3 Å². The van der Waals surface area contributed by atoms with Gasteiger partial charge in [-0.3, -0.25) is 44.1 Å². The molecule has 3 fully saturated rings. The van der Waals surface area contributed by atoms with Crippen molar-refractivity contribution in [3.05, 3.63) is 187 Å². The summed E-state index contributed by atoms with van der Waals surface area (Å²) in [6.07, 6.45) is 5.83. The molecule has 6 aliphatic heterocycles. The molecule has 3 aromatic carbocycles. The van der Waals surface area contributed by atoms with Crippen molar-refractivity contribution in [1.29, 1.82) is 0 Å². The quantitative estimate of drug-likeness (QED) is 0.0242. The van der Waals surface area contributed by atoms with Gasteiger partial charge in [0.2, 0.25) is 0 Å². The summed E-state index contributed by atoms with van der Waals surface area (Å²) in [5.41, 5.74) is 2.98. The number of carboxylic acid groups (broad SMARTS) is 3. The summed E-state index contributed by atoms with van der Waals surface area (Å²) in [7, 11) is 3.87. The van der Waals surface area contributed by atoms with Gasteiger partial charge in [0.1, 0.15) is 35.6 Å². The number of esters is 3. The minimum Gasteiger partial charge on any atom is -0.481 e. The number of carbonyl (C=O) groups is 6. The van der Waals surface area contributed by atoms with Crippen LogP contribution in [0.2, 0.25) is 10.0 Å². The number of nitrogens with zero attached hydrogens (tertiary/aromatic N) is 9. The average molecular weight is 1670 g/mol. The van der Waals surface area contributed by atoms with Crippen molar-refractivity contribution in [1.82, 2.24) is 45.6 Å². The molecule has 0 spiro atoms. The molecule has 36 heteroatoms. The number of hydrogen-bond donors (Lipinski definition) is 6. The Labute approximate surface area is 656 Å². The van der Waals surface area contributed by atoms with E-state index in [1.807, 2.05) is 16.1 Å². The molecule has 582 valence electrons. The van der Waals surface area contributed by atoms with E-state index < -0.39 is 88.6 Å². The first-order valence-electron chi connectivity index (χ1n) is 34.3. The highest BCUT2D eigenvalue weighted by molar-refractivity contribution is 9.10. The zero-order valence-electron chi connectivity index (χ0n) is 60.1. The van der Waals surface area contributed by atoms with Gasteiger partial charge in [0.25, 0.3) is 0 Å². The van der Waals surface area contributed by atoms with Gasteiger partial charge in [-0.2, -0.15) is 0 Å². The second kappa shape index (κ2) is 38.0. The first kappa shape index (κ1) is 83.1. The Kier molecular flexibility index (Phi) is 29.0. The molecule has 6 aromatic rings. The second-order valence-corrected chi connectivity index (χ2v) is 31.0. The molecule has 0 radical (unpaired) electrons. The van der Waals surface area contributed by atoms with Gasteiger partial charge in [0.05, 0.1) is 94.4 Å². The second-order valence-electron chi connectivity index (χ2n) is 26.6. The molecule has 6 N–H and O–H groups in total. The van der Waals surface area contributed by atoms with E-state index in [0.717, 1.165) is 0 Å². The SMILES string of the molecule is COC(=O)C1=C(CN2CCOCC2CC(C)(C)C(=O)O)NC(c2nccs2)=N[C@H]1c1ccc(F)cc1Br.COC(=O)C1=C(CN2CCOC[C@H]2CC(C)C(=O)O)NC(c2nccs2)=N[C@H]1c1ccc(F)cc1Cl.COC(=O)C1=C(CN2CCO[C@H](CC(C)C(=O)O)C2)NC(c2nccs2)=N[C@H]1c1ccc(F)cc1Cl. The number of morpholine rings is 3. The number of aliphatic imine (C=N–C) groups is 3. The third kappa shape index (κ3) is 21.0. The number of hydrogen-bond acceptors (Lipinski definition) is 27. The summed E-state index contributed by atoms with van der Waals surface area (Å²) in [6, 6.07) is 9.30. The maximum atomic E-state index is 13.9. The number of carboxylic acids is 3. The predicted octanol–water partition coefficient (Wildman–Crippen LogP) is 10.3. The molecule has 0 saturated carbocycles. The van der Waals surface area contributed by atoms with Crippen LogP contribution in [0.1, 0.15) is 96.8 Å². The third-order valence-corrected chi connectivity index (χ3v) is 22.4. The lowest BCUT2D eigenvalue weighted by Gasteiger charge is -2.40. The fourth-order valence-corrected chi connectivity index (χ4v) is 15.9. The largest absolute Gasteiger partial charge is 0.481 e. The molecule has 3 saturated heterocycles. The normalized spacial score (nSPS) is 21.3. The predicted molar refractivity (Wildman–Crippen MR) is 405 cm³/mol. The molecule has 0 aliphatic carbocycles. The maximum Gasteiger partial charge on any atom is 0.338 e. The van der Waals surface area contributed by atoms with Crippen LogP contribution in [0, 0.1) is 34.7 Å². The molecule has 9 heterocycles. The van der Waals surface area contributed by atoms with Gasteiger partial charge >= 0.3 is 35.8 Å². The lowest BCUT2D eigenvalue weighted by atomic mass is 9.85. The molecule has 0 bridgehead atoms. The molecule has 109 heavy (non-hydrogen) atoms. The molecular formula is C73H80BrCl2F3N12O15S3. The van der Waals surface area contributed by atoms with E-state index in [4.69, 9.17) is 66.6 Å². The number of nitrogens with one attached hydrogen (secondary N) is 3. The highest BCUT2D eigenvalue weighted by atomic mass is 79.9. The maximum absolute atomic E-state index is 13.9. The first-order chi connectivity index (χ1) is 52.1. The number of benzene rings is 3.